The van der Waals surface area contributed by atoms with Crippen LogP contribution in [0.1, 0.15) is 58.9 Å². The molecular weight excluding hydrogens is 610 g/mol. The minimum atomic E-state index is -3.06. The molecular formula is C34H61N3O8S. The summed E-state index contributed by atoms with van der Waals surface area (Å²) in [6.45, 7) is 14.2. The molecule has 1 aliphatic rings. The molecule has 0 bridgehead atoms. The van der Waals surface area contributed by atoms with E-state index in [0.717, 1.165) is 51.3 Å². The quantitative estimate of drug-likeness (QED) is 0.148. The Morgan fingerprint density at radius 3 is 2.33 bits per heavy atom. The highest BCUT2D eigenvalue weighted by molar-refractivity contribution is 7.90. The summed E-state index contributed by atoms with van der Waals surface area (Å²) < 4.78 is 45.5. The Labute approximate surface area is 277 Å². The van der Waals surface area contributed by atoms with E-state index in [-0.39, 0.29) is 36.0 Å². The molecule has 1 aliphatic heterocycles. The number of nitrogens with two attached hydrogens (primary N) is 1. The van der Waals surface area contributed by atoms with Gasteiger partial charge < -0.3 is 35.1 Å². The maximum atomic E-state index is 13.1. The number of rotatable bonds is 23. The fourth-order valence-electron chi connectivity index (χ4n) is 5.61. The van der Waals surface area contributed by atoms with E-state index in [4.69, 9.17) is 24.7 Å². The van der Waals surface area contributed by atoms with Crippen molar-refractivity contribution in [2.75, 3.05) is 78.3 Å². The predicted octanol–water partition coefficient (Wildman–Crippen LogP) is 2.92. The monoisotopic (exact) mass is 671 g/mol. The van der Waals surface area contributed by atoms with Gasteiger partial charge in [0.05, 0.1) is 38.3 Å². The molecule has 11 nitrogen and oxygen atoms in total. The van der Waals surface area contributed by atoms with Crippen LogP contribution in [-0.4, -0.2) is 115 Å². The number of hydrogen-bond donors (Lipinski definition) is 3. The molecule has 1 fully saturated rings. The fourth-order valence-corrected chi connectivity index (χ4v) is 6.25. The Morgan fingerprint density at radius 1 is 1.02 bits per heavy atom. The zero-order valence-electron chi connectivity index (χ0n) is 29.0. The van der Waals surface area contributed by atoms with Crippen LogP contribution in [0.5, 0.6) is 11.5 Å². The second kappa shape index (κ2) is 21.1. The largest absolute Gasteiger partial charge is 0.490 e. The maximum Gasteiger partial charge on any atom is 0.223 e. The number of nitrogens with one attached hydrogen (secondary N) is 1. The van der Waals surface area contributed by atoms with Crippen LogP contribution in [0.15, 0.2) is 18.2 Å². The molecule has 0 unspecified atom stereocenters. The van der Waals surface area contributed by atoms with Crippen LogP contribution in [0.25, 0.3) is 0 Å². The Bertz CT molecular complexity index is 1110. The lowest BCUT2D eigenvalue weighted by Crippen LogP contribution is -2.45. The molecule has 46 heavy (non-hydrogen) atoms. The Balaban J connectivity index is 2.01. The van der Waals surface area contributed by atoms with Crippen LogP contribution in [0.4, 0.5) is 0 Å². The van der Waals surface area contributed by atoms with Gasteiger partial charge in [-0.2, -0.15) is 0 Å². The van der Waals surface area contributed by atoms with E-state index >= 15 is 0 Å². The predicted molar refractivity (Wildman–Crippen MR) is 182 cm³/mol. The van der Waals surface area contributed by atoms with Crippen molar-refractivity contribution in [3.63, 3.8) is 0 Å². The number of amides is 1. The number of benzene rings is 1. The summed E-state index contributed by atoms with van der Waals surface area (Å²) in [5.74, 6) is 1.45. The minimum absolute atomic E-state index is 0.0356. The molecule has 266 valence electrons. The topological polar surface area (TPSA) is 150 Å². The summed E-state index contributed by atoms with van der Waals surface area (Å²) in [7, 11) is -1.41. The van der Waals surface area contributed by atoms with Crippen LogP contribution in [0.3, 0.4) is 0 Å². The molecule has 4 atom stereocenters. The van der Waals surface area contributed by atoms with Crippen molar-refractivity contribution < 1.29 is 37.3 Å². The lowest BCUT2D eigenvalue weighted by molar-refractivity contribution is -0.127. The maximum absolute atomic E-state index is 13.1. The van der Waals surface area contributed by atoms with Crippen LogP contribution < -0.4 is 20.5 Å². The first kappa shape index (κ1) is 40.2. The van der Waals surface area contributed by atoms with Gasteiger partial charge in [0.2, 0.25) is 5.91 Å². The molecule has 0 saturated carbocycles. The van der Waals surface area contributed by atoms with E-state index < -0.39 is 22.0 Å². The zero-order valence-corrected chi connectivity index (χ0v) is 29.9. The van der Waals surface area contributed by atoms with Gasteiger partial charge in [0.1, 0.15) is 9.84 Å². The van der Waals surface area contributed by atoms with Gasteiger partial charge in [0.25, 0.3) is 0 Å². The third-order valence-corrected chi connectivity index (χ3v) is 9.68. The van der Waals surface area contributed by atoms with Crippen molar-refractivity contribution in [1.29, 1.82) is 0 Å². The highest BCUT2D eigenvalue weighted by atomic mass is 32.2. The fraction of sp³-hybridized carbons (Fsp3) is 0.794. The van der Waals surface area contributed by atoms with E-state index in [1.165, 1.54) is 6.26 Å². The van der Waals surface area contributed by atoms with E-state index in [2.05, 4.69) is 24.1 Å². The molecule has 0 aliphatic carbocycles. The molecule has 1 saturated heterocycles. The molecule has 0 radical (unpaired) electrons. The number of ether oxygens (including phenoxy) is 4. The van der Waals surface area contributed by atoms with Gasteiger partial charge in [0, 0.05) is 64.5 Å². The lowest BCUT2D eigenvalue weighted by atomic mass is 9.81. The smallest absolute Gasteiger partial charge is 0.223 e. The summed E-state index contributed by atoms with van der Waals surface area (Å²) in [5, 5.41) is 14.2. The molecule has 1 aromatic carbocycles. The van der Waals surface area contributed by atoms with E-state index in [1.54, 1.807) is 7.11 Å². The van der Waals surface area contributed by atoms with Crippen molar-refractivity contribution >= 4 is 15.7 Å². The normalized spacial score (nSPS) is 17.1. The van der Waals surface area contributed by atoms with Crippen molar-refractivity contribution in [2.24, 2.45) is 29.4 Å². The van der Waals surface area contributed by atoms with Gasteiger partial charge >= 0.3 is 0 Å². The number of aliphatic hydroxyl groups excluding tert-OH is 1. The number of aliphatic hydroxyl groups is 1. The first-order valence-electron chi connectivity index (χ1n) is 16.9. The van der Waals surface area contributed by atoms with Gasteiger partial charge in [-0.25, -0.2) is 8.42 Å². The second-order valence-corrected chi connectivity index (χ2v) is 15.6. The number of nitrogens with zero attached hydrogens (tertiary/aromatic N) is 1. The van der Waals surface area contributed by atoms with E-state index in [9.17, 15) is 18.3 Å². The first-order chi connectivity index (χ1) is 21.8. The Morgan fingerprint density at radius 2 is 1.70 bits per heavy atom. The molecule has 2 rings (SSSR count). The Hall–Kier alpha value is -1.96. The average molecular weight is 672 g/mol. The number of morpholine rings is 1. The van der Waals surface area contributed by atoms with Crippen LogP contribution in [-0.2, 0) is 30.5 Å². The summed E-state index contributed by atoms with van der Waals surface area (Å²) in [6, 6.07) is 5.38. The highest BCUT2D eigenvalue weighted by Crippen LogP contribution is 2.32. The molecule has 12 heteroatoms. The lowest BCUT2D eigenvalue weighted by Gasteiger charge is -2.30. The van der Waals surface area contributed by atoms with Crippen molar-refractivity contribution in [2.45, 2.75) is 71.9 Å². The Kier molecular flexibility index (Phi) is 18.4. The SMILES string of the molecule is COCCCOc1cc(C[C@@H](C[C@H](N)[C@@H](O)C[C@@H](C(=O)NCCN2CCOCC2)C(C)C)C(C)C)ccc1OCCCS(C)(=O)=O. The van der Waals surface area contributed by atoms with Gasteiger partial charge in [-0.3, -0.25) is 9.69 Å². The van der Waals surface area contributed by atoms with Gasteiger partial charge in [-0.15, -0.1) is 0 Å². The van der Waals surface area contributed by atoms with Crippen molar-refractivity contribution in [3.05, 3.63) is 23.8 Å². The van der Waals surface area contributed by atoms with Crippen molar-refractivity contribution in [1.82, 2.24) is 10.2 Å². The third-order valence-electron chi connectivity index (χ3n) is 8.65. The molecule has 1 heterocycles. The molecule has 1 amide bonds. The number of carbonyl (C=O) groups is 1. The number of methoxy groups -OCH3 is 1. The number of sulfone groups is 1. The average Bonchev–Trinajstić information content (AvgIpc) is 3.00. The molecule has 1 aromatic rings. The molecule has 0 spiro atoms. The summed E-state index contributed by atoms with van der Waals surface area (Å²) in [6.07, 6.45) is 3.19. The highest BCUT2D eigenvalue weighted by Gasteiger charge is 2.30. The van der Waals surface area contributed by atoms with E-state index in [1.807, 2.05) is 32.0 Å². The minimum Gasteiger partial charge on any atom is -0.490 e. The zero-order chi connectivity index (χ0) is 34.1. The standard InChI is InChI=1S/C34H61N3O8S/c1-25(2)28(21-27-9-10-32(44-17-8-20-46(6,40)41)33(22-27)45-16-7-15-42-5)23-30(35)31(38)24-29(26(3)4)34(39)36-11-12-37-13-18-43-19-14-37/h9-10,22,25-26,28-31,38H,7-8,11-21,23-24,35H2,1-6H3,(H,36,39)/t28-,29+,30-,31-/m0/s1. The molecule has 4 N–H and O–H groups in total. The molecule has 0 aromatic heterocycles. The second-order valence-electron chi connectivity index (χ2n) is 13.3. The van der Waals surface area contributed by atoms with Crippen LogP contribution >= 0.6 is 0 Å². The summed E-state index contributed by atoms with van der Waals surface area (Å²) in [4.78, 5) is 15.4. The van der Waals surface area contributed by atoms with Crippen LogP contribution in [0, 0.1) is 23.7 Å². The summed E-state index contributed by atoms with van der Waals surface area (Å²) >= 11 is 0. The summed E-state index contributed by atoms with van der Waals surface area (Å²) in [5.41, 5.74) is 7.66. The van der Waals surface area contributed by atoms with Gasteiger partial charge in [-0.05, 0) is 61.1 Å². The van der Waals surface area contributed by atoms with E-state index in [0.29, 0.717) is 56.4 Å². The van der Waals surface area contributed by atoms with Gasteiger partial charge in [-0.1, -0.05) is 33.8 Å². The van der Waals surface area contributed by atoms with Gasteiger partial charge in [0.15, 0.2) is 11.5 Å². The third kappa shape index (κ3) is 15.8. The number of hydrogen-bond acceptors (Lipinski definition) is 10. The van der Waals surface area contributed by atoms with Crippen LogP contribution in [0.2, 0.25) is 0 Å². The first-order valence-corrected chi connectivity index (χ1v) is 18.9. The number of carbonyl (C=O) groups excluding carboxylic acids is 1. The van der Waals surface area contributed by atoms with Crippen molar-refractivity contribution in [3.8, 4) is 11.5 Å².